The number of nitrogens with zero attached hydrogens (tertiary/aromatic N) is 5. The van der Waals surface area contributed by atoms with Gasteiger partial charge in [0.1, 0.15) is 35.1 Å². The molecule has 1 aliphatic rings. The molecule has 1 unspecified atom stereocenters. The highest BCUT2D eigenvalue weighted by atomic mass is 32.2. The Morgan fingerprint density at radius 2 is 1.88 bits per heavy atom. The van der Waals surface area contributed by atoms with E-state index >= 15 is 0 Å². The molecule has 0 N–H and O–H groups in total. The van der Waals surface area contributed by atoms with Gasteiger partial charge in [-0.05, 0) is 56.5 Å². The average molecular weight is 572 g/mol. The maximum absolute atomic E-state index is 12.8. The van der Waals surface area contributed by atoms with Crippen LogP contribution in [0, 0.1) is 22.7 Å². The van der Waals surface area contributed by atoms with Crippen molar-refractivity contribution in [2.24, 2.45) is 0 Å². The first kappa shape index (κ1) is 29.9. The Balaban J connectivity index is 1.75. The lowest BCUT2D eigenvalue weighted by Gasteiger charge is -2.24. The van der Waals surface area contributed by atoms with Crippen molar-refractivity contribution in [2.45, 2.75) is 49.5 Å². The van der Waals surface area contributed by atoms with Crippen molar-refractivity contribution >= 4 is 17.9 Å². The van der Waals surface area contributed by atoms with Gasteiger partial charge in [-0.25, -0.2) is 9.78 Å². The van der Waals surface area contributed by atoms with Gasteiger partial charge in [0.05, 0.1) is 23.4 Å². The number of methoxy groups -OCH3 is 1. The standard InChI is InChI=1S/C31H33N5O4S/c1-31(2,3)40-30(37)36-13-11-23(19-36)28-25(16-32)27(22-7-9-24(10-8-22)39-15-14-38-4)26(17-33)29(35-28)41-20-21-6-5-12-34-18-21/h5-10,12,18,23H,11,13-15,19-20H2,1-4H3. The second kappa shape index (κ2) is 13.5. The van der Waals surface area contributed by atoms with Crippen molar-refractivity contribution in [2.75, 3.05) is 33.4 Å². The summed E-state index contributed by atoms with van der Waals surface area (Å²) in [4.78, 5) is 23.5. The normalized spacial score (nSPS) is 14.8. The molecular weight excluding hydrogens is 538 g/mol. The molecule has 1 amide bonds. The van der Waals surface area contributed by atoms with Gasteiger partial charge in [0.2, 0.25) is 0 Å². The Labute approximate surface area is 245 Å². The summed E-state index contributed by atoms with van der Waals surface area (Å²) in [5, 5.41) is 21.3. The zero-order valence-electron chi connectivity index (χ0n) is 23.7. The highest BCUT2D eigenvalue weighted by Gasteiger charge is 2.34. The van der Waals surface area contributed by atoms with Crippen molar-refractivity contribution in [1.82, 2.24) is 14.9 Å². The smallest absolute Gasteiger partial charge is 0.410 e. The molecule has 3 aromatic rings. The minimum absolute atomic E-state index is 0.182. The molecule has 1 atom stereocenters. The number of hydrogen-bond acceptors (Lipinski definition) is 9. The van der Waals surface area contributed by atoms with Crippen LogP contribution in [0.5, 0.6) is 5.75 Å². The molecule has 2 aromatic heterocycles. The Morgan fingerprint density at radius 1 is 1.12 bits per heavy atom. The number of likely N-dealkylation sites (tertiary alicyclic amines) is 1. The molecule has 0 bridgehead atoms. The van der Waals surface area contributed by atoms with Crippen LogP contribution in [0.15, 0.2) is 53.8 Å². The van der Waals surface area contributed by atoms with Crippen molar-refractivity contribution in [3.05, 3.63) is 71.2 Å². The van der Waals surface area contributed by atoms with E-state index in [9.17, 15) is 15.3 Å². The third-order valence-corrected chi connectivity index (χ3v) is 7.49. The van der Waals surface area contributed by atoms with Gasteiger partial charge in [-0.3, -0.25) is 4.98 Å². The van der Waals surface area contributed by atoms with Crippen LogP contribution in [0.1, 0.15) is 55.5 Å². The van der Waals surface area contributed by atoms with E-state index < -0.39 is 5.60 Å². The minimum Gasteiger partial charge on any atom is -0.491 e. The summed E-state index contributed by atoms with van der Waals surface area (Å²) in [7, 11) is 1.61. The largest absolute Gasteiger partial charge is 0.491 e. The van der Waals surface area contributed by atoms with E-state index in [1.54, 1.807) is 24.4 Å². The Kier molecular flexibility index (Phi) is 9.82. The maximum Gasteiger partial charge on any atom is 0.410 e. The summed E-state index contributed by atoms with van der Waals surface area (Å²) >= 11 is 1.43. The molecular formula is C31H33N5O4S. The van der Waals surface area contributed by atoms with Crippen LogP contribution in [0.4, 0.5) is 4.79 Å². The summed E-state index contributed by atoms with van der Waals surface area (Å²) in [5.41, 5.74) is 2.90. The summed E-state index contributed by atoms with van der Waals surface area (Å²) in [6.07, 6.45) is 3.74. The zero-order chi connectivity index (χ0) is 29.4. The van der Waals surface area contributed by atoms with Crippen LogP contribution in [0.3, 0.4) is 0 Å². The van der Waals surface area contributed by atoms with Crippen molar-refractivity contribution in [3.63, 3.8) is 0 Å². The third-order valence-electron chi connectivity index (χ3n) is 6.44. The number of benzene rings is 1. The molecule has 0 aliphatic carbocycles. The lowest BCUT2D eigenvalue weighted by molar-refractivity contribution is 0.0292. The van der Waals surface area contributed by atoms with Crippen LogP contribution in [-0.2, 0) is 15.2 Å². The summed E-state index contributed by atoms with van der Waals surface area (Å²) in [6.45, 7) is 7.24. The van der Waals surface area contributed by atoms with Gasteiger partial charge >= 0.3 is 6.09 Å². The fourth-order valence-electron chi connectivity index (χ4n) is 4.56. The molecule has 212 valence electrons. The van der Waals surface area contributed by atoms with Gasteiger partial charge in [-0.1, -0.05) is 18.2 Å². The Bertz CT molecular complexity index is 1440. The molecule has 0 spiro atoms. The van der Waals surface area contributed by atoms with Gasteiger partial charge in [0, 0.05) is 49.8 Å². The second-order valence-corrected chi connectivity index (χ2v) is 11.5. The van der Waals surface area contributed by atoms with Gasteiger partial charge < -0.3 is 19.1 Å². The first-order valence-electron chi connectivity index (χ1n) is 13.3. The first-order chi connectivity index (χ1) is 19.7. The van der Waals surface area contributed by atoms with Gasteiger partial charge in [0.15, 0.2) is 0 Å². The maximum atomic E-state index is 12.8. The molecule has 1 saturated heterocycles. The zero-order valence-corrected chi connectivity index (χ0v) is 24.5. The second-order valence-electron chi connectivity index (χ2n) is 10.6. The monoisotopic (exact) mass is 571 g/mol. The fourth-order valence-corrected chi connectivity index (χ4v) is 5.49. The summed E-state index contributed by atoms with van der Waals surface area (Å²) in [5.74, 6) is 1.03. The van der Waals surface area contributed by atoms with Crippen LogP contribution >= 0.6 is 11.8 Å². The predicted molar refractivity (Wildman–Crippen MR) is 155 cm³/mol. The molecule has 1 aliphatic heterocycles. The molecule has 3 heterocycles. The van der Waals surface area contributed by atoms with Gasteiger partial charge in [0.25, 0.3) is 0 Å². The molecule has 4 rings (SSSR count). The molecule has 1 aromatic carbocycles. The number of nitriles is 2. The topological polar surface area (TPSA) is 121 Å². The number of thioether (sulfide) groups is 1. The van der Waals surface area contributed by atoms with Gasteiger partial charge in [-0.2, -0.15) is 10.5 Å². The van der Waals surface area contributed by atoms with Crippen LogP contribution in [-0.4, -0.2) is 60.0 Å². The molecule has 0 saturated carbocycles. The van der Waals surface area contributed by atoms with E-state index in [-0.39, 0.29) is 12.0 Å². The highest BCUT2D eigenvalue weighted by molar-refractivity contribution is 7.98. The van der Waals surface area contributed by atoms with Crippen molar-refractivity contribution < 1.29 is 19.0 Å². The van der Waals surface area contributed by atoms with E-state index in [0.29, 0.717) is 77.2 Å². The molecule has 9 nitrogen and oxygen atoms in total. The minimum atomic E-state index is -0.609. The summed E-state index contributed by atoms with van der Waals surface area (Å²) < 4.78 is 16.3. The fraction of sp³-hybridized carbons (Fsp3) is 0.387. The number of ether oxygens (including phenoxy) is 3. The van der Waals surface area contributed by atoms with E-state index in [0.717, 1.165) is 5.56 Å². The third kappa shape index (κ3) is 7.55. The first-order valence-corrected chi connectivity index (χ1v) is 14.3. The van der Waals surface area contributed by atoms with Crippen LogP contribution < -0.4 is 4.74 Å². The molecule has 41 heavy (non-hydrogen) atoms. The Morgan fingerprint density at radius 3 is 2.51 bits per heavy atom. The van der Waals surface area contributed by atoms with Crippen LogP contribution in [0.25, 0.3) is 11.1 Å². The number of amides is 1. The Hall–Kier alpha value is -4.12. The van der Waals surface area contributed by atoms with E-state index in [1.165, 1.54) is 11.8 Å². The quantitative estimate of drug-likeness (QED) is 0.227. The number of carbonyl (C=O) groups is 1. The number of hydrogen-bond donors (Lipinski definition) is 0. The molecule has 1 fully saturated rings. The number of pyridine rings is 2. The number of aromatic nitrogens is 2. The predicted octanol–water partition coefficient (Wildman–Crippen LogP) is 5.93. The number of rotatable bonds is 9. The van der Waals surface area contributed by atoms with Crippen molar-refractivity contribution in [3.8, 4) is 29.0 Å². The number of carbonyl (C=O) groups excluding carboxylic acids is 1. The van der Waals surface area contributed by atoms with E-state index in [2.05, 4.69) is 17.1 Å². The summed E-state index contributed by atoms with van der Waals surface area (Å²) in [6, 6.07) is 15.8. The van der Waals surface area contributed by atoms with Crippen LogP contribution in [0.2, 0.25) is 0 Å². The SMILES string of the molecule is COCCOc1ccc(-c2c(C#N)c(SCc3cccnc3)nc(C3CCN(C(=O)OC(C)(C)C)C3)c2C#N)cc1. The van der Waals surface area contributed by atoms with Gasteiger partial charge in [-0.15, -0.1) is 11.8 Å². The lowest BCUT2D eigenvalue weighted by Crippen LogP contribution is -2.35. The molecule has 0 radical (unpaired) electrons. The average Bonchev–Trinajstić information content (AvgIpc) is 3.46. The van der Waals surface area contributed by atoms with E-state index in [1.807, 2.05) is 57.2 Å². The van der Waals surface area contributed by atoms with E-state index in [4.69, 9.17) is 19.2 Å². The lowest BCUT2D eigenvalue weighted by atomic mass is 9.90. The molecule has 10 heteroatoms. The highest BCUT2D eigenvalue weighted by Crippen LogP contribution is 2.40. The van der Waals surface area contributed by atoms with Crippen molar-refractivity contribution in [1.29, 1.82) is 10.5 Å².